The molecule has 3 rings (SSSR count). The summed E-state index contributed by atoms with van der Waals surface area (Å²) in [7, 11) is 0. The smallest absolute Gasteiger partial charge is 0.246 e. The van der Waals surface area contributed by atoms with Crippen molar-refractivity contribution in [3.8, 4) is 11.5 Å². The second kappa shape index (κ2) is 5.26. The highest BCUT2D eigenvalue weighted by atomic mass is 16.5. The lowest BCUT2D eigenvalue weighted by Gasteiger charge is -2.18. The zero-order valence-electron chi connectivity index (χ0n) is 12.2. The minimum Gasteiger partial charge on any atom is -0.337 e. The molecule has 0 fully saturated rings. The Bertz CT molecular complexity index is 764. The zero-order valence-corrected chi connectivity index (χ0v) is 12.2. The molecule has 1 aromatic carbocycles. The third kappa shape index (κ3) is 2.64. The van der Waals surface area contributed by atoms with Gasteiger partial charge in [0.15, 0.2) is 0 Å². The molecule has 0 aliphatic heterocycles. The van der Waals surface area contributed by atoms with Crippen LogP contribution >= 0.6 is 0 Å². The van der Waals surface area contributed by atoms with E-state index in [-0.39, 0.29) is 0 Å². The molecule has 0 radical (unpaired) electrons. The topological polar surface area (TPSA) is 77.8 Å². The van der Waals surface area contributed by atoms with Gasteiger partial charge >= 0.3 is 0 Å². The van der Waals surface area contributed by atoms with Crippen LogP contribution < -0.4 is 5.73 Å². The lowest BCUT2D eigenvalue weighted by atomic mass is 9.98. The molecular formula is C16H18N4O. The van der Waals surface area contributed by atoms with Crippen LogP contribution in [0.25, 0.3) is 22.4 Å². The maximum atomic E-state index is 6.21. The van der Waals surface area contributed by atoms with Crippen molar-refractivity contribution in [1.29, 1.82) is 0 Å². The molecule has 5 heteroatoms. The van der Waals surface area contributed by atoms with Crippen molar-refractivity contribution < 1.29 is 4.52 Å². The third-order valence-corrected chi connectivity index (χ3v) is 3.51. The molecule has 0 saturated heterocycles. The van der Waals surface area contributed by atoms with Gasteiger partial charge in [0.05, 0.1) is 11.1 Å². The molecule has 0 bridgehead atoms. The van der Waals surface area contributed by atoms with Crippen LogP contribution in [0, 0.1) is 0 Å². The molecular weight excluding hydrogens is 264 g/mol. The standard InChI is InChI=1S/C16H18N4O/c1-3-10-16(2,17)15-19-14(20-21-15)13-9-8-11-6-4-5-7-12(11)18-13/h4-9H,3,10,17H2,1-2H3. The van der Waals surface area contributed by atoms with E-state index in [0.717, 1.165) is 23.7 Å². The number of nitrogens with two attached hydrogens (primary N) is 1. The van der Waals surface area contributed by atoms with Crippen LogP contribution in [0.3, 0.4) is 0 Å². The van der Waals surface area contributed by atoms with Gasteiger partial charge in [-0.1, -0.05) is 42.8 Å². The summed E-state index contributed by atoms with van der Waals surface area (Å²) in [6.07, 6.45) is 1.75. The molecule has 0 aliphatic carbocycles. The molecule has 1 atom stereocenters. The highest BCUT2D eigenvalue weighted by Gasteiger charge is 2.27. The fourth-order valence-electron chi connectivity index (χ4n) is 2.38. The Morgan fingerprint density at radius 2 is 1.95 bits per heavy atom. The zero-order chi connectivity index (χ0) is 14.9. The van der Waals surface area contributed by atoms with Crippen LogP contribution in [-0.2, 0) is 5.54 Å². The van der Waals surface area contributed by atoms with E-state index in [4.69, 9.17) is 10.3 Å². The largest absolute Gasteiger partial charge is 0.337 e. The maximum absolute atomic E-state index is 6.21. The van der Waals surface area contributed by atoms with Gasteiger partial charge in [0.25, 0.3) is 0 Å². The van der Waals surface area contributed by atoms with Crippen molar-refractivity contribution in [2.24, 2.45) is 5.73 Å². The second-order valence-electron chi connectivity index (χ2n) is 5.48. The number of rotatable bonds is 4. The van der Waals surface area contributed by atoms with Crippen molar-refractivity contribution in [2.75, 3.05) is 0 Å². The number of fused-ring (bicyclic) bond motifs is 1. The van der Waals surface area contributed by atoms with E-state index in [9.17, 15) is 0 Å². The predicted octanol–water partition coefficient (Wildman–Crippen LogP) is 3.26. The number of nitrogens with zero attached hydrogens (tertiary/aromatic N) is 3. The highest BCUT2D eigenvalue weighted by Crippen LogP contribution is 2.24. The summed E-state index contributed by atoms with van der Waals surface area (Å²) in [4.78, 5) is 8.97. The minimum absolute atomic E-state index is 0.453. The average Bonchev–Trinajstić information content (AvgIpc) is 2.97. The lowest BCUT2D eigenvalue weighted by molar-refractivity contribution is 0.284. The third-order valence-electron chi connectivity index (χ3n) is 3.51. The number of hydrogen-bond acceptors (Lipinski definition) is 5. The first-order chi connectivity index (χ1) is 10.1. The van der Waals surface area contributed by atoms with E-state index in [1.54, 1.807) is 0 Å². The number of benzene rings is 1. The SMILES string of the molecule is CCCC(C)(N)c1nc(-c2ccc3ccccc3n2)no1. The Labute approximate surface area is 123 Å². The number of pyridine rings is 1. The Morgan fingerprint density at radius 3 is 2.76 bits per heavy atom. The minimum atomic E-state index is -0.600. The quantitative estimate of drug-likeness (QED) is 0.794. The van der Waals surface area contributed by atoms with Crippen LogP contribution in [-0.4, -0.2) is 15.1 Å². The summed E-state index contributed by atoms with van der Waals surface area (Å²) in [6, 6.07) is 11.8. The van der Waals surface area contributed by atoms with E-state index in [1.807, 2.05) is 43.3 Å². The molecule has 2 heterocycles. The maximum Gasteiger partial charge on any atom is 0.246 e. The van der Waals surface area contributed by atoms with Gasteiger partial charge in [-0.25, -0.2) is 4.98 Å². The van der Waals surface area contributed by atoms with E-state index in [2.05, 4.69) is 22.0 Å². The van der Waals surface area contributed by atoms with Gasteiger partial charge < -0.3 is 10.3 Å². The van der Waals surface area contributed by atoms with Crippen LogP contribution in [0.5, 0.6) is 0 Å². The van der Waals surface area contributed by atoms with Gasteiger partial charge in [-0.3, -0.25) is 0 Å². The summed E-state index contributed by atoms with van der Waals surface area (Å²) in [5.74, 6) is 0.929. The second-order valence-corrected chi connectivity index (χ2v) is 5.48. The Morgan fingerprint density at radius 1 is 1.14 bits per heavy atom. The molecule has 2 aromatic heterocycles. The van der Waals surface area contributed by atoms with Crippen LogP contribution in [0.2, 0.25) is 0 Å². The van der Waals surface area contributed by atoms with Gasteiger partial charge in [0.2, 0.25) is 11.7 Å². The van der Waals surface area contributed by atoms with Gasteiger partial charge in [0, 0.05) is 5.39 Å². The molecule has 21 heavy (non-hydrogen) atoms. The van der Waals surface area contributed by atoms with Crippen molar-refractivity contribution in [3.63, 3.8) is 0 Å². The highest BCUT2D eigenvalue weighted by molar-refractivity contribution is 5.80. The van der Waals surface area contributed by atoms with Gasteiger partial charge in [-0.15, -0.1) is 0 Å². The molecule has 0 amide bonds. The van der Waals surface area contributed by atoms with E-state index in [1.165, 1.54) is 0 Å². The van der Waals surface area contributed by atoms with Gasteiger partial charge in [-0.05, 0) is 25.5 Å². The van der Waals surface area contributed by atoms with Crippen molar-refractivity contribution in [2.45, 2.75) is 32.2 Å². The van der Waals surface area contributed by atoms with Crippen LogP contribution in [0.1, 0.15) is 32.6 Å². The monoisotopic (exact) mass is 282 g/mol. The molecule has 2 N–H and O–H groups in total. The fourth-order valence-corrected chi connectivity index (χ4v) is 2.38. The van der Waals surface area contributed by atoms with E-state index >= 15 is 0 Å². The Balaban J connectivity index is 1.98. The summed E-state index contributed by atoms with van der Waals surface area (Å²) in [6.45, 7) is 3.98. The molecule has 3 aromatic rings. The molecule has 1 unspecified atom stereocenters. The Hall–Kier alpha value is -2.27. The lowest BCUT2D eigenvalue weighted by Crippen LogP contribution is -2.33. The normalized spacial score (nSPS) is 14.2. The molecule has 5 nitrogen and oxygen atoms in total. The van der Waals surface area contributed by atoms with Crippen molar-refractivity contribution in [3.05, 3.63) is 42.3 Å². The first-order valence-corrected chi connectivity index (χ1v) is 7.09. The average molecular weight is 282 g/mol. The Kier molecular flexibility index (Phi) is 3.43. The molecule has 0 aliphatic rings. The fraction of sp³-hybridized carbons (Fsp3) is 0.312. The van der Waals surface area contributed by atoms with Crippen molar-refractivity contribution in [1.82, 2.24) is 15.1 Å². The van der Waals surface area contributed by atoms with Crippen LogP contribution in [0.15, 0.2) is 40.9 Å². The summed E-state index contributed by atoms with van der Waals surface area (Å²) in [5.41, 5.74) is 7.21. The first kappa shape index (κ1) is 13.7. The van der Waals surface area contributed by atoms with E-state index < -0.39 is 5.54 Å². The molecule has 0 saturated carbocycles. The first-order valence-electron chi connectivity index (χ1n) is 7.09. The number of para-hydroxylation sites is 1. The predicted molar refractivity (Wildman–Crippen MR) is 81.5 cm³/mol. The molecule has 0 spiro atoms. The van der Waals surface area contributed by atoms with Crippen molar-refractivity contribution >= 4 is 10.9 Å². The number of hydrogen-bond donors (Lipinski definition) is 1. The summed E-state index contributed by atoms with van der Waals surface area (Å²) >= 11 is 0. The van der Waals surface area contributed by atoms with Gasteiger partial charge in [-0.2, -0.15) is 4.98 Å². The van der Waals surface area contributed by atoms with Crippen LogP contribution in [0.4, 0.5) is 0 Å². The summed E-state index contributed by atoms with van der Waals surface area (Å²) < 4.78 is 5.32. The summed E-state index contributed by atoms with van der Waals surface area (Å²) in [5, 5.41) is 5.10. The number of aromatic nitrogens is 3. The molecule has 108 valence electrons. The van der Waals surface area contributed by atoms with E-state index in [0.29, 0.717) is 17.4 Å². The van der Waals surface area contributed by atoms with Gasteiger partial charge in [0.1, 0.15) is 5.69 Å².